The molecule has 0 atom stereocenters. The molecule has 0 aliphatic carbocycles. The van der Waals surface area contributed by atoms with Crippen molar-refractivity contribution in [2.24, 2.45) is 0 Å². The van der Waals surface area contributed by atoms with E-state index in [1.54, 1.807) is 18.3 Å². The number of aromatic nitrogens is 1. The van der Waals surface area contributed by atoms with E-state index in [1.807, 2.05) is 12.1 Å². The van der Waals surface area contributed by atoms with Crippen molar-refractivity contribution in [2.45, 2.75) is 20.0 Å². The van der Waals surface area contributed by atoms with Crippen LogP contribution >= 0.6 is 0 Å². The van der Waals surface area contributed by atoms with Crippen molar-refractivity contribution in [3.8, 4) is 5.88 Å². The summed E-state index contributed by atoms with van der Waals surface area (Å²) in [5.41, 5.74) is 2.12. The molecule has 2 nitrogen and oxygen atoms in total. The fourth-order valence-electron chi connectivity index (χ4n) is 1.49. The van der Waals surface area contributed by atoms with Crippen LogP contribution in [0, 0.1) is 5.82 Å². The van der Waals surface area contributed by atoms with Gasteiger partial charge in [-0.1, -0.05) is 19.1 Å². The maximum atomic E-state index is 12.7. The molecule has 0 unspecified atom stereocenters. The van der Waals surface area contributed by atoms with Gasteiger partial charge in [0.2, 0.25) is 5.88 Å². The molecule has 0 radical (unpaired) electrons. The number of aryl methyl sites for hydroxylation is 1. The number of nitrogens with zero attached hydrogens (tertiary/aromatic N) is 1. The van der Waals surface area contributed by atoms with E-state index in [-0.39, 0.29) is 5.82 Å². The lowest BCUT2D eigenvalue weighted by Crippen LogP contribution is -1.97. The molecule has 1 aromatic heterocycles. The standard InChI is InChI=1S/C14H14FNO/c1-2-11-7-8-16-14(9-11)17-10-12-3-5-13(15)6-4-12/h3-9H,2,10H2,1H3. The summed E-state index contributed by atoms with van der Waals surface area (Å²) in [6.07, 6.45) is 2.69. The number of halogens is 1. The average Bonchev–Trinajstić information content (AvgIpc) is 2.38. The van der Waals surface area contributed by atoms with Gasteiger partial charge in [-0.2, -0.15) is 0 Å². The largest absolute Gasteiger partial charge is 0.473 e. The minimum atomic E-state index is -0.236. The molecule has 0 N–H and O–H groups in total. The van der Waals surface area contributed by atoms with Gasteiger partial charge in [0.1, 0.15) is 12.4 Å². The highest BCUT2D eigenvalue weighted by molar-refractivity contribution is 5.21. The summed E-state index contributed by atoms with van der Waals surface area (Å²) in [6.45, 7) is 2.49. The first kappa shape index (κ1) is 11.6. The van der Waals surface area contributed by atoms with E-state index < -0.39 is 0 Å². The molecule has 0 bridgehead atoms. The van der Waals surface area contributed by atoms with Crippen LogP contribution < -0.4 is 4.74 Å². The van der Waals surface area contributed by atoms with Crippen molar-refractivity contribution in [2.75, 3.05) is 0 Å². The third-order valence-corrected chi connectivity index (χ3v) is 2.51. The minimum absolute atomic E-state index is 0.236. The monoisotopic (exact) mass is 231 g/mol. The molecule has 3 heteroatoms. The summed E-state index contributed by atoms with van der Waals surface area (Å²) in [4.78, 5) is 4.12. The lowest BCUT2D eigenvalue weighted by molar-refractivity contribution is 0.293. The van der Waals surface area contributed by atoms with Crippen LogP contribution in [0.1, 0.15) is 18.1 Å². The molecule has 17 heavy (non-hydrogen) atoms. The third-order valence-electron chi connectivity index (χ3n) is 2.51. The lowest BCUT2D eigenvalue weighted by atomic mass is 10.2. The molecule has 1 aromatic carbocycles. The van der Waals surface area contributed by atoms with Crippen LogP contribution in [0.15, 0.2) is 42.6 Å². The number of benzene rings is 1. The molecule has 88 valence electrons. The summed E-state index contributed by atoms with van der Waals surface area (Å²) in [6, 6.07) is 10.1. The first-order valence-electron chi connectivity index (χ1n) is 5.60. The quantitative estimate of drug-likeness (QED) is 0.805. The van der Waals surface area contributed by atoms with Gasteiger partial charge in [0.15, 0.2) is 0 Å². The first-order valence-corrected chi connectivity index (χ1v) is 5.60. The Hall–Kier alpha value is -1.90. The number of hydrogen-bond donors (Lipinski definition) is 0. The molecule has 0 aliphatic rings. The molecule has 0 amide bonds. The van der Waals surface area contributed by atoms with Crippen LogP contribution in [-0.4, -0.2) is 4.98 Å². The molecule has 0 aliphatic heterocycles. The van der Waals surface area contributed by atoms with E-state index in [0.29, 0.717) is 12.5 Å². The second-order valence-electron chi connectivity index (χ2n) is 3.77. The van der Waals surface area contributed by atoms with Crippen LogP contribution in [0.2, 0.25) is 0 Å². The van der Waals surface area contributed by atoms with Gasteiger partial charge in [-0.05, 0) is 35.7 Å². The van der Waals surface area contributed by atoms with Gasteiger partial charge in [-0.3, -0.25) is 0 Å². The van der Waals surface area contributed by atoms with Crippen molar-refractivity contribution >= 4 is 0 Å². The first-order chi connectivity index (χ1) is 8.28. The predicted octanol–water partition coefficient (Wildman–Crippen LogP) is 3.36. The van der Waals surface area contributed by atoms with Gasteiger partial charge < -0.3 is 4.74 Å². The lowest BCUT2D eigenvalue weighted by Gasteiger charge is -2.06. The Morgan fingerprint density at radius 2 is 1.88 bits per heavy atom. The molecular weight excluding hydrogens is 217 g/mol. The zero-order valence-electron chi connectivity index (χ0n) is 9.69. The van der Waals surface area contributed by atoms with E-state index in [2.05, 4.69) is 11.9 Å². The van der Waals surface area contributed by atoms with Crippen molar-refractivity contribution in [1.29, 1.82) is 0 Å². The van der Waals surface area contributed by atoms with Crippen LogP contribution in [0.3, 0.4) is 0 Å². The Balaban J connectivity index is 1.99. The van der Waals surface area contributed by atoms with Gasteiger partial charge in [-0.25, -0.2) is 9.37 Å². The number of rotatable bonds is 4. The summed E-state index contributed by atoms with van der Waals surface area (Å²) in [5, 5.41) is 0. The molecule has 0 saturated carbocycles. The number of hydrogen-bond acceptors (Lipinski definition) is 2. The van der Waals surface area contributed by atoms with E-state index in [4.69, 9.17) is 4.74 Å². The molecule has 2 aromatic rings. The zero-order chi connectivity index (χ0) is 12.1. The molecule has 1 heterocycles. The second-order valence-corrected chi connectivity index (χ2v) is 3.77. The average molecular weight is 231 g/mol. The zero-order valence-corrected chi connectivity index (χ0v) is 9.69. The van der Waals surface area contributed by atoms with Crippen LogP contribution in [0.25, 0.3) is 0 Å². The van der Waals surface area contributed by atoms with Crippen LogP contribution in [0.5, 0.6) is 5.88 Å². The fraction of sp³-hybridized carbons (Fsp3) is 0.214. The topological polar surface area (TPSA) is 22.1 Å². The van der Waals surface area contributed by atoms with E-state index in [9.17, 15) is 4.39 Å². The Morgan fingerprint density at radius 1 is 1.12 bits per heavy atom. The normalized spacial score (nSPS) is 10.2. The maximum Gasteiger partial charge on any atom is 0.213 e. The Kier molecular flexibility index (Phi) is 3.70. The molecule has 0 spiro atoms. The summed E-state index contributed by atoms with van der Waals surface area (Å²) < 4.78 is 18.2. The van der Waals surface area contributed by atoms with Gasteiger partial charge in [0.25, 0.3) is 0 Å². The van der Waals surface area contributed by atoms with Crippen molar-refractivity contribution in [1.82, 2.24) is 4.98 Å². The summed E-state index contributed by atoms with van der Waals surface area (Å²) >= 11 is 0. The fourth-order valence-corrected chi connectivity index (χ4v) is 1.49. The molecule has 2 rings (SSSR count). The van der Waals surface area contributed by atoms with Crippen molar-refractivity contribution < 1.29 is 9.13 Å². The third kappa shape index (κ3) is 3.28. The SMILES string of the molecule is CCc1ccnc(OCc2ccc(F)cc2)c1. The van der Waals surface area contributed by atoms with Gasteiger partial charge in [0, 0.05) is 12.3 Å². The maximum absolute atomic E-state index is 12.7. The highest BCUT2D eigenvalue weighted by Crippen LogP contribution is 2.12. The molecule has 0 saturated heterocycles. The highest BCUT2D eigenvalue weighted by atomic mass is 19.1. The van der Waals surface area contributed by atoms with E-state index in [1.165, 1.54) is 17.7 Å². The van der Waals surface area contributed by atoms with Gasteiger partial charge in [0.05, 0.1) is 0 Å². The smallest absolute Gasteiger partial charge is 0.213 e. The highest BCUT2D eigenvalue weighted by Gasteiger charge is 1.99. The Morgan fingerprint density at radius 3 is 2.59 bits per heavy atom. The summed E-state index contributed by atoms with van der Waals surface area (Å²) in [7, 11) is 0. The molecule has 0 fully saturated rings. The van der Waals surface area contributed by atoms with Crippen molar-refractivity contribution in [3.63, 3.8) is 0 Å². The number of pyridine rings is 1. The minimum Gasteiger partial charge on any atom is -0.473 e. The predicted molar refractivity (Wildman–Crippen MR) is 64.3 cm³/mol. The van der Waals surface area contributed by atoms with Crippen LogP contribution in [-0.2, 0) is 13.0 Å². The summed E-state index contributed by atoms with van der Waals surface area (Å²) in [5.74, 6) is 0.369. The van der Waals surface area contributed by atoms with Gasteiger partial charge in [-0.15, -0.1) is 0 Å². The van der Waals surface area contributed by atoms with E-state index in [0.717, 1.165) is 12.0 Å². The van der Waals surface area contributed by atoms with Crippen molar-refractivity contribution in [3.05, 3.63) is 59.5 Å². The number of ether oxygens (including phenoxy) is 1. The Labute approximate surface area is 100 Å². The Bertz CT molecular complexity index is 482. The molecular formula is C14H14FNO. The van der Waals surface area contributed by atoms with Crippen LogP contribution in [0.4, 0.5) is 4.39 Å². The second kappa shape index (κ2) is 5.43. The van der Waals surface area contributed by atoms with Gasteiger partial charge >= 0.3 is 0 Å². The van der Waals surface area contributed by atoms with E-state index >= 15 is 0 Å².